The molecule has 1 spiro atoms. The minimum absolute atomic E-state index is 0.0290. The summed E-state index contributed by atoms with van der Waals surface area (Å²) in [6.07, 6.45) is 6.05. The van der Waals surface area contributed by atoms with Crippen molar-refractivity contribution in [3.05, 3.63) is 168 Å². The molecule has 2 aliphatic rings. The van der Waals surface area contributed by atoms with Crippen molar-refractivity contribution < 1.29 is 0 Å². The van der Waals surface area contributed by atoms with Crippen LogP contribution in [0.3, 0.4) is 0 Å². The lowest BCUT2D eigenvalue weighted by molar-refractivity contribution is 0.353. The normalized spacial score (nSPS) is 14.1. The lowest BCUT2D eigenvalue weighted by Gasteiger charge is -2.36. The van der Waals surface area contributed by atoms with Gasteiger partial charge in [0.25, 0.3) is 0 Å². The summed E-state index contributed by atoms with van der Waals surface area (Å²) in [5.41, 5.74) is 15.8. The van der Waals surface area contributed by atoms with Gasteiger partial charge in [0.1, 0.15) is 0 Å². The molecule has 0 amide bonds. The maximum absolute atomic E-state index is 9.71. The van der Waals surface area contributed by atoms with Gasteiger partial charge in [-0.1, -0.05) is 147 Å². The zero-order chi connectivity index (χ0) is 33.5. The largest absolute Gasteiger partial charge is 0.228 e. The highest BCUT2D eigenvalue weighted by Crippen LogP contribution is 2.56. The van der Waals surface area contributed by atoms with Crippen LogP contribution in [0.4, 0.5) is 0 Å². The van der Waals surface area contributed by atoms with Crippen LogP contribution in [0.25, 0.3) is 67.3 Å². The highest BCUT2D eigenvalue weighted by Gasteiger charge is 2.43. The molecule has 2 aliphatic carbocycles. The van der Waals surface area contributed by atoms with Crippen molar-refractivity contribution in [2.45, 2.75) is 37.5 Å². The Kier molecular flexibility index (Phi) is 7.44. The van der Waals surface area contributed by atoms with E-state index in [4.69, 9.17) is 9.97 Å². The molecule has 7 aromatic rings. The summed E-state index contributed by atoms with van der Waals surface area (Å²) >= 11 is 0. The van der Waals surface area contributed by atoms with Gasteiger partial charge in [0.15, 0.2) is 5.82 Å². The van der Waals surface area contributed by atoms with Crippen molar-refractivity contribution >= 4 is 0 Å². The van der Waals surface area contributed by atoms with E-state index >= 15 is 0 Å². The molecule has 9 rings (SSSR count). The molecule has 0 saturated heterocycles. The number of aromatic nitrogens is 2. The molecule has 0 aliphatic heterocycles. The first-order valence-electron chi connectivity index (χ1n) is 17.6. The van der Waals surface area contributed by atoms with E-state index in [1.54, 1.807) is 0 Å². The molecule has 1 heterocycles. The molecule has 0 bridgehead atoms. The molecule has 3 heteroatoms. The number of nitriles is 1. The maximum atomic E-state index is 9.71. The fraction of sp³-hybridized carbons (Fsp3) is 0.128. The number of benzene rings is 6. The van der Waals surface area contributed by atoms with Crippen molar-refractivity contribution in [3.8, 4) is 73.4 Å². The van der Waals surface area contributed by atoms with Crippen LogP contribution < -0.4 is 0 Å². The van der Waals surface area contributed by atoms with E-state index < -0.39 is 0 Å². The van der Waals surface area contributed by atoms with Gasteiger partial charge in [-0.15, -0.1) is 0 Å². The third-order valence-corrected chi connectivity index (χ3v) is 10.8. The summed E-state index contributed by atoms with van der Waals surface area (Å²) in [5.74, 6) is 0.711. The summed E-state index contributed by atoms with van der Waals surface area (Å²) in [6.45, 7) is 0. The van der Waals surface area contributed by atoms with Gasteiger partial charge in [-0.2, -0.15) is 5.26 Å². The van der Waals surface area contributed by atoms with Crippen LogP contribution in [0.15, 0.2) is 152 Å². The first-order valence-corrected chi connectivity index (χ1v) is 17.6. The Hall–Kier alpha value is -6.11. The second kappa shape index (κ2) is 12.4. The monoisotopic (exact) mass is 641 g/mol. The number of rotatable bonds is 5. The Balaban J connectivity index is 1.08. The van der Waals surface area contributed by atoms with Crippen LogP contribution in [-0.2, 0) is 5.41 Å². The standard InChI is InChI=1S/C47H35N3/c48-31-32-14-24-40-41-29-39(23-25-42(41)47(43(40)28-32)26-8-3-9-27-47)35-17-21-37(22-18-35)45-30-44(49-46(50-45)38-12-6-2-7-13-38)36-19-15-34(16-20-36)33-10-4-1-5-11-33/h1-2,4-7,10-25,28-30H,3,8-9,26-27H2. The van der Waals surface area contributed by atoms with Gasteiger partial charge in [-0.05, 0) is 81.6 Å². The average Bonchev–Trinajstić information content (AvgIpc) is 3.46. The number of nitrogens with zero attached hydrogens (tertiary/aromatic N) is 3. The first kappa shape index (κ1) is 30.0. The topological polar surface area (TPSA) is 49.6 Å². The summed E-state index contributed by atoms with van der Waals surface area (Å²) in [5, 5.41) is 9.71. The highest BCUT2D eigenvalue weighted by atomic mass is 14.9. The number of hydrogen-bond donors (Lipinski definition) is 0. The SMILES string of the molecule is N#Cc1ccc2c(c1)C1(CCCCC1)c1ccc(-c3ccc(-c4cc(-c5ccc(-c6ccccc6)cc5)nc(-c5ccccc5)n4)cc3)cc1-2. The van der Waals surface area contributed by atoms with E-state index in [0.717, 1.165) is 46.5 Å². The number of hydrogen-bond acceptors (Lipinski definition) is 3. The Bertz CT molecular complexity index is 2380. The molecule has 238 valence electrons. The van der Waals surface area contributed by atoms with E-state index in [2.05, 4.69) is 127 Å². The van der Waals surface area contributed by atoms with Gasteiger partial charge in [0.05, 0.1) is 23.0 Å². The first-order chi connectivity index (χ1) is 24.7. The molecule has 0 atom stereocenters. The molecule has 0 radical (unpaired) electrons. The smallest absolute Gasteiger partial charge is 0.160 e. The summed E-state index contributed by atoms with van der Waals surface area (Å²) in [4.78, 5) is 10.1. The Labute approximate surface area is 293 Å². The molecule has 1 saturated carbocycles. The lowest BCUT2D eigenvalue weighted by Crippen LogP contribution is -2.28. The van der Waals surface area contributed by atoms with Crippen LogP contribution in [-0.4, -0.2) is 9.97 Å². The van der Waals surface area contributed by atoms with Crippen molar-refractivity contribution in [1.82, 2.24) is 9.97 Å². The average molecular weight is 642 g/mol. The van der Waals surface area contributed by atoms with Gasteiger partial charge in [-0.3, -0.25) is 0 Å². The van der Waals surface area contributed by atoms with Crippen LogP contribution in [0.2, 0.25) is 0 Å². The molecule has 3 nitrogen and oxygen atoms in total. The van der Waals surface area contributed by atoms with Gasteiger partial charge in [0.2, 0.25) is 0 Å². The Morgan fingerprint density at radius 3 is 1.60 bits per heavy atom. The molecular formula is C47H35N3. The molecule has 50 heavy (non-hydrogen) atoms. The van der Waals surface area contributed by atoms with E-state index in [9.17, 15) is 5.26 Å². The molecule has 6 aromatic carbocycles. The molecule has 0 unspecified atom stereocenters. The molecule has 0 N–H and O–H groups in total. The quantitative estimate of drug-likeness (QED) is 0.188. The zero-order valence-electron chi connectivity index (χ0n) is 27.8. The molecular weight excluding hydrogens is 607 g/mol. The lowest BCUT2D eigenvalue weighted by atomic mass is 9.67. The Morgan fingerprint density at radius 2 is 0.980 bits per heavy atom. The van der Waals surface area contributed by atoms with Crippen LogP contribution in [0.1, 0.15) is 48.8 Å². The number of fused-ring (bicyclic) bond motifs is 5. The van der Waals surface area contributed by atoms with E-state index in [1.165, 1.54) is 63.8 Å². The zero-order valence-corrected chi connectivity index (χ0v) is 27.8. The Morgan fingerprint density at radius 1 is 0.440 bits per heavy atom. The van der Waals surface area contributed by atoms with E-state index in [1.807, 2.05) is 30.3 Å². The summed E-state index contributed by atoms with van der Waals surface area (Å²) in [6, 6.07) is 55.9. The predicted octanol–water partition coefficient (Wildman–Crippen LogP) is 11.9. The van der Waals surface area contributed by atoms with Gasteiger partial charge in [-0.25, -0.2) is 9.97 Å². The maximum Gasteiger partial charge on any atom is 0.160 e. The van der Waals surface area contributed by atoms with Crippen LogP contribution in [0.5, 0.6) is 0 Å². The molecule has 1 aromatic heterocycles. The fourth-order valence-corrected chi connectivity index (χ4v) is 8.20. The third-order valence-electron chi connectivity index (χ3n) is 10.8. The highest BCUT2D eigenvalue weighted by molar-refractivity contribution is 5.86. The van der Waals surface area contributed by atoms with Crippen LogP contribution in [0, 0.1) is 11.3 Å². The van der Waals surface area contributed by atoms with Crippen molar-refractivity contribution in [3.63, 3.8) is 0 Å². The summed E-state index contributed by atoms with van der Waals surface area (Å²) in [7, 11) is 0. The van der Waals surface area contributed by atoms with Gasteiger partial charge in [0, 0.05) is 22.1 Å². The van der Waals surface area contributed by atoms with Crippen molar-refractivity contribution in [2.24, 2.45) is 0 Å². The van der Waals surface area contributed by atoms with E-state index in [-0.39, 0.29) is 5.41 Å². The third kappa shape index (κ3) is 5.21. The predicted molar refractivity (Wildman–Crippen MR) is 203 cm³/mol. The summed E-state index contributed by atoms with van der Waals surface area (Å²) < 4.78 is 0. The molecule has 1 fully saturated rings. The van der Waals surface area contributed by atoms with E-state index in [0.29, 0.717) is 5.82 Å². The van der Waals surface area contributed by atoms with Crippen molar-refractivity contribution in [2.75, 3.05) is 0 Å². The second-order valence-corrected chi connectivity index (χ2v) is 13.6. The minimum Gasteiger partial charge on any atom is -0.228 e. The fourth-order valence-electron chi connectivity index (χ4n) is 8.20. The van der Waals surface area contributed by atoms with Gasteiger partial charge >= 0.3 is 0 Å². The van der Waals surface area contributed by atoms with Crippen LogP contribution >= 0.6 is 0 Å². The minimum atomic E-state index is 0.0290. The second-order valence-electron chi connectivity index (χ2n) is 13.6. The van der Waals surface area contributed by atoms with Crippen molar-refractivity contribution in [1.29, 1.82) is 5.26 Å². The van der Waals surface area contributed by atoms with Gasteiger partial charge < -0.3 is 0 Å².